The largest absolute Gasteiger partial charge is 0.380 e. The van der Waals surface area contributed by atoms with Gasteiger partial charge in [-0.2, -0.15) is 0 Å². The Kier molecular flexibility index (Phi) is 4.49. The number of rotatable bonds is 3. The van der Waals surface area contributed by atoms with Crippen LogP contribution < -0.4 is 5.32 Å². The van der Waals surface area contributed by atoms with Crippen LogP contribution in [0.3, 0.4) is 0 Å². The SMILES string of the molecule is Fc1cccc(CNc2ccc(Cl)cc2Br)c1Cl. The van der Waals surface area contributed by atoms with E-state index in [4.69, 9.17) is 23.2 Å². The summed E-state index contributed by atoms with van der Waals surface area (Å²) in [5.74, 6) is -0.411. The molecule has 0 bridgehead atoms. The molecular formula is C13H9BrCl2FN. The number of benzene rings is 2. The summed E-state index contributed by atoms with van der Waals surface area (Å²) in [6.07, 6.45) is 0. The molecule has 1 N–H and O–H groups in total. The number of hydrogen-bond acceptors (Lipinski definition) is 1. The quantitative estimate of drug-likeness (QED) is 0.771. The van der Waals surface area contributed by atoms with Crippen molar-refractivity contribution in [3.05, 3.63) is 62.3 Å². The minimum Gasteiger partial charge on any atom is -0.380 e. The monoisotopic (exact) mass is 347 g/mol. The van der Waals surface area contributed by atoms with E-state index in [0.29, 0.717) is 17.1 Å². The lowest BCUT2D eigenvalue weighted by Crippen LogP contribution is -2.01. The molecule has 0 fully saturated rings. The molecular weight excluding hydrogens is 340 g/mol. The van der Waals surface area contributed by atoms with Gasteiger partial charge in [0.1, 0.15) is 5.82 Å². The predicted molar refractivity (Wildman–Crippen MR) is 77.9 cm³/mol. The summed E-state index contributed by atoms with van der Waals surface area (Å²) in [6, 6.07) is 10.2. The van der Waals surface area contributed by atoms with Crippen molar-refractivity contribution in [1.82, 2.24) is 0 Å². The molecule has 0 unspecified atom stereocenters. The second-order valence-electron chi connectivity index (χ2n) is 3.69. The van der Waals surface area contributed by atoms with Crippen LogP contribution in [-0.2, 0) is 6.54 Å². The molecule has 2 aromatic carbocycles. The molecule has 2 aromatic rings. The van der Waals surface area contributed by atoms with Crippen molar-refractivity contribution in [1.29, 1.82) is 0 Å². The second kappa shape index (κ2) is 5.91. The van der Waals surface area contributed by atoms with Gasteiger partial charge >= 0.3 is 0 Å². The topological polar surface area (TPSA) is 12.0 Å². The molecule has 0 aliphatic rings. The maximum atomic E-state index is 13.3. The van der Waals surface area contributed by atoms with E-state index in [-0.39, 0.29) is 5.02 Å². The minimum absolute atomic E-state index is 0.148. The molecule has 0 aliphatic carbocycles. The Labute approximate surface area is 123 Å². The Morgan fingerprint density at radius 3 is 2.67 bits per heavy atom. The van der Waals surface area contributed by atoms with Crippen molar-refractivity contribution < 1.29 is 4.39 Å². The number of anilines is 1. The summed E-state index contributed by atoms with van der Waals surface area (Å²) in [7, 11) is 0. The van der Waals surface area contributed by atoms with Crippen molar-refractivity contribution in [2.24, 2.45) is 0 Å². The van der Waals surface area contributed by atoms with Gasteiger partial charge in [0, 0.05) is 21.7 Å². The first-order valence-corrected chi connectivity index (χ1v) is 6.74. The molecule has 0 radical (unpaired) electrons. The molecule has 0 heterocycles. The van der Waals surface area contributed by atoms with Gasteiger partial charge in [0.2, 0.25) is 0 Å². The summed E-state index contributed by atoms with van der Waals surface area (Å²) in [6.45, 7) is 0.441. The molecule has 1 nitrogen and oxygen atoms in total. The van der Waals surface area contributed by atoms with Gasteiger partial charge in [0.05, 0.1) is 5.02 Å². The Balaban J connectivity index is 2.14. The third-order valence-electron chi connectivity index (χ3n) is 2.43. The molecule has 5 heteroatoms. The van der Waals surface area contributed by atoms with Crippen molar-refractivity contribution >= 4 is 44.8 Å². The highest BCUT2D eigenvalue weighted by molar-refractivity contribution is 9.10. The first-order chi connectivity index (χ1) is 8.58. The van der Waals surface area contributed by atoms with Gasteiger partial charge < -0.3 is 5.32 Å². The standard InChI is InChI=1S/C13H9BrCl2FN/c14-10-6-9(15)4-5-12(10)18-7-8-2-1-3-11(17)13(8)16/h1-6,18H,7H2. The third kappa shape index (κ3) is 3.16. The fourth-order valence-corrected chi connectivity index (χ4v) is 2.52. The lowest BCUT2D eigenvalue weighted by Gasteiger charge is -2.10. The highest BCUT2D eigenvalue weighted by atomic mass is 79.9. The van der Waals surface area contributed by atoms with E-state index in [1.807, 2.05) is 6.07 Å². The number of nitrogens with one attached hydrogen (secondary N) is 1. The Morgan fingerprint density at radius 1 is 1.17 bits per heavy atom. The van der Waals surface area contributed by atoms with Gasteiger partial charge in [-0.05, 0) is 45.8 Å². The van der Waals surface area contributed by atoms with Crippen LogP contribution in [0.25, 0.3) is 0 Å². The number of hydrogen-bond donors (Lipinski definition) is 1. The Morgan fingerprint density at radius 2 is 1.94 bits per heavy atom. The van der Waals surface area contributed by atoms with Gasteiger partial charge in [-0.15, -0.1) is 0 Å². The van der Waals surface area contributed by atoms with Crippen LogP contribution in [0.5, 0.6) is 0 Å². The van der Waals surface area contributed by atoms with E-state index in [1.54, 1.807) is 24.3 Å². The fraction of sp³-hybridized carbons (Fsp3) is 0.0769. The predicted octanol–water partition coefficient (Wildman–Crippen LogP) is 5.51. The zero-order valence-corrected chi connectivity index (χ0v) is 12.3. The summed E-state index contributed by atoms with van der Waals surface area (Å²) < 4.78 is 14.1. The molecule has 0 aliphatic heterocycles. The maximum absolute atomic E-state index is 13.3. The van der Waals surface area contributed by atoms with Crippen LogP contribution in [0, 0.1) is 5.82 Å². The van der Waals surface area contributed by atoms with Crippen LogP contribution in [-0.4, -0.2) is 0 Å². The highest BCUT2D eigenvalue weighted by Gasteiger charge is 2.06. The summed E-state index contributed by atoms with van der Waals surface area (Å²) in [5.41, 5.74) is 1.58. The number of halogens is 4. The fourth-order valence-electron chi connectivity index (χ4n) is 1.51. The van der Waals surface area contributed by atoms with Gasteiger partial charge in [-0.1, -0.05) is 35.3 Å². The summed E-state index contributed by atoms with van der Waals surface area (Å²) >= 11 is 15.1. The zero-order chi connectivity index (χ0) is 13.1. The summed E-state index contributed by atoms with van der Waals surface area (Å²) in [5, 5.41) is 3.97. The van der Waals surface area contributed by atoms with Gasteiger partial charge in [-0.3, -0.25) is 0 Å². The first-order valence-electron chi connectivity index (χ1n) is 5.20. The van der Waals surface area contributed by atoms with Gasteiger partial charge in [0.25, 0.3) is 0 Å². The van der Waals surface area contributed by atoms with Gasteiger partial charge in [0.15, 0.2) is 0 Å². The lowest BCUT2D eigenvalue weighted by atomic mass is 10.2. The van der Waals surface area contributed by atoms with Crippen molar-refractivity contribution in [2.75, 3.05) is 5.32 Å². The first kappa shape index (κ1) is 13.7. The highest BCUT2D eigenvalue weighted by Crippen LogP contribution is 2.27. The van der Waals surface area contributed by atoms with Crippen LogP contribution in [0.4, 0.5) is 10.1 Å². The zero-order valence-electron chi connectivity index (χ0n) is 9.18. The average molecular weight is 349 g/mol. The normalized spacial score (nSPS) is 10.4. The van der Waals surface area contributed by atoms with Crippen LogP contribution in [0.1, 0.15) is 5.56 Å². The minimum atomic E-state index is -0.411. The molecule has 0 atom stereocenters. The van der Waals surface area contributed by atoms with E-state index in [1.165, 1.54) is 6.07 Å². The molecule has 2 rings (SSSR count). The molecule has 0 aromatic heterocycles. The average Bonchev–Trinajstić information content (AvgIpc) is 2.33. The smallest absolute Gasteiger partial charge is 0.142 e. The van der Waals surface area contributed by atoms with Crippen molar-refractivity contribution in [2.45, 2.75) is 6.54 Å². The van der Waals surface area contributed by atoms with Crippen LogP contribution >= 0.6 is 39.1 Å². The molecule has 18 heavy (non-hydrogen) atoms. The van der Waals surface area contributed by atoms with Gasteiger partial charge in [-0.25, -0.2) is 4.39 Å². The molecule has 0 saturated heterocycles. The lowest BCUT2D eigenvalue weighted by molar-refractivity contribution is 0.626. The second-order valence-corrected chi connectivity index (χ2v) is 5.36. The maximum Gasteiger partial charge on any atom is 0.142 e. The molecule has 0 saturated carbocycles. The van der Waals surface area contributed by atoms with Crippen molar-refractivity contribution in [3.8, 4) is 0 Å². The Bertz CT molecular complexity index is 575. The van der Waals surface area contributed by atoms with E-state index < -0.39 is 5.82 Å². The molecule has 0 spiro atoms. The summed E-state index contributed by atoms with van der Waals surface area (Å²) in [4.78, 5) is 0. The van der Waals surface area contributed by atoms with Crippen molar-refractivity contribution in [3.63, 3.8) is 0 Å². The van der Waals surface area contributed by atoms with Crippen LogP contribution in [0.15, 0.2) is 40.9 Å². The van der Waals surface area contributed by atoms with Crippen LogP contribution in [0.2, 0.25) is 10.0 Å². The van der Waals surface area contributed by atoms with E-state index in [2.05, 4.69) is 21.2 Å². The molecule has 94 valence electrons. The Hall–Kier alpha value is -0.770. The van der Waals surface area contributed by atoms with E-state index in [0.717, 1.165) is 10.2 Å². The van der Waals surface area contributed by atoms with E-state index in [9.17, 15) is 4.39 Å². The van der Waals surface area contributed by atoms with E-state index >= 15 is 0 Å². The third-order valence-corrected chi connectivity index (χ3v) is 3.75. The molecule has 0 amide bonds.